The van der Waals surface area contributed by atoms with E-state index < -0.39 is 0 Å². The van der Waals surface area contributed by atoms with Gasteiger partial charge in [-0.2, -0.15) is 0 Å². The first-order valence-corrected chi connectivity index (χ1v) is 8.80. The number of benzene rings is 1. The van der Waals surface area contributed by atoms with Crippen LogP contribution in [0.4, 0.5) is 0 Å². The molecule has 0 N–H and O–H groups in total. The molecule has 1 saturated carbocycles. The summed E-state index contributed by atoms with van der Waals surface area (Å²) in [5.74, 6) is 1.93. The van der Waals surface area contributed by atoms with Crippen LogP contribution in [0.5, 0.6) is 5.75 Å². The first-order chi connectivity index (χ1) is 11.7. The van der Waals surface area contributed by atoms with E-state index in [2.05, 4.69) is 26.7 Å². The molecule has 1 fully saturated rings. The van der Waals surface area contributed by atoms with Crippen LogP contribution in [-0.2, 0) is 0 Å². The number of thioether (sulfide) groups is 1. The summed E-state index contributed by atoms with van der Waals surface area (Å²) in [6.45, 7) is 2.06. The van der Waals surface area contributed by atoms with Crippen molar-refractivity contribution >= 4 is 11.8 Å². The zero-order chi connectivity index (χ0) is 16.5. The van der Waals surface area contributed by atoms with Gasteiger partial charge in [-0.25, -0.2) is 4.98 Å². The normalized spacial score (nSPS) is 15.4. The van der Waals surface area contributed by atoms with Crippen LogP contribution in [-0.4, -0.2) is 26.9 Å². The Kier molecular flexibility index (Phi) is 4.02. The molecule has 6 nitrogen and oxygen atoms in total. The molecule has 0 amide bonds. The summed E-state index contributed by atoms with van der Waals surface area (Å²) in [5.41, 5.74) is 0.881. The zero-order valence-corrected chi connectivity index (χ0v) is 14.4. The van der Waals surface area contributed by atoms with Crippen molar-refractivity contribution in [1.82, 2.24) is 19.7 Å². The van der Waals surface area contributed by atoms with Crippen LogP contribution in [0, 0.1) is 0 Å². The fraction of sp³-hybridized carbons (Fsp3) is 0.353. The van der Waals surface area contributed by atoms with Crippen molar-refractivity contribution in [2.24, 2.45) is 0 Å². The summed E-state index contributed by atoms with van der Waals surface area (Å²) in [4.78, 5) is 4.45. The SMILES string of the molecule is COc1ccc(-c2nnc([C@@H](C)Sc3nccn3C3CC3)o2)cc1. The third-order valence-corrected chi connectivity index (χ3v) is 5.06. The molecular formula is C17H18N4O2S. The molecule has 7 heteroatoms. The van der Waals surface area contributed by atoms with Crippen LogP contribution in [0.15, 0.2) is 46.2 Å². The van der Waals surface area contributed by atoms with E-state index in [1.54, 1.807) is 18.9 Å². The van der Waals surface area contributed by atoms with Crippen molar-refractivity contribution in [3.05, 3.63) is 42.5 Å². The monoisotopic (exact) mass is 342 g/mol. The van der Waals surface area contributed by atoms with Gasteiger partial charge in [-0.3, -0.25) is 0 Å². The minimum absolute atomic E-state index is 0.0457. The molecule has 0 radical (unpaired) electrons. The molecule has 3 aromatic rings. The zero-order valence-electron chi connectivity index (χ0n) is 13.5. The van der Waals surface area contributed by atoms with Crippen molar-refractivity contribution in [1.29, 1.82) is 0 Å². The van der Waals surface area contributed by atoms with Gasteiger partial charge in [0.25, 0.3) is 0 Å². The molecule has 24 heavy (non-hydrogen) atoms. The van der Waals surface area contributed by atoms with Gasteiger partial charge < -0.3 is 13.7 Å². The predicted octanol–water partition coefficient (Wildman–Crippen LogP) is 4.13. The van der Waals surface area contributed by atoms with Gasteiger partial charge in [-0.05, 0) is 44.0 Å². The quantitative estimate of drug-likeness (QED) is 0.628. The van der Waals surface area contributed by atoms with E-state index in [4.69, 9.17) is 9.15 Å². The second-order valence-electron chi connectivity index (χ2n) is 5.78. The Hall–Kier alpha value is -2.28. The lowest BCUT2D eigenvalue weighted by Crippen LogP contribution is -1.97. The maximum atomic E-state index is 5.85. The molecule has 0 unspecified atom stereocenters. The standard InChI is InChI=1S/C17H18N4O2S/c1-11(24-17-18-9-10-21(17)13-5-6-13)15-19-20-16(23-15)12-3-7-14(22-2)8-4-12/h3-4,7-11,13H,5-6H2,1-2H3/t11-/m1/s1. The summed E-state index contributed by atoms with van der Waals surface area (Å²) < 4.78 is 13.3. The third-order valence-electron chi connectivity index (χ3n) is 3.98. The maximum absolute atomic E-state index is 5.85. The van der Waals surface area contributed by atoms with Gasteiger partial charge in [0.2, 0.25) is 11.8 Å². The summed E-state index contributed by atoms with van der Waals surface area (Å²) >= 11 is 1.65. The van der Waals surface area contributed by atoms with Crippen LogP contribution >= 0.6 is 11.8 Å². The Balaban J connectivity index is 1.49. The average molecular weight is 342 g/mol. The topological polar surface area (TPSA) is 66.0 Å². The van der Waals surface area contributed by atoms with Crippen molar-refractivity contribution in [3.8, 4) is 17.2 Å². The molecule has 1 atom stereocenters. The van der Waals surface area contributed by atoms with Crippen molar-refractivity contribution in [2.45, 2.75) is 36.2 Å². The van der Waals surface area contributed by atoms with Gasteiger partial charge in [0.05, 0.1) is 12.4 Å². The number of ether oxygens (including phenoxy) is 1. The number of imidazole rings is 1. The molecule has 1 aromatic carbocycles. The number of hydrogen-bond acceptors (Lipinski definition) is 6. The van der Waals surface area contributed by atoms with Crippen LogP contribution in [0.25, 0.3) is 11.5 Å². The number of hydrogen-bond donors (Lipinski definition) is 0. The lowest BCUT2D eigenvalue weighted by molar-refractivity contribution is 0.415. The maximum Gasteiger partial charge on any atom is 0.247 e. The van der Waals surface area contributed by atoms with E-state index >= 15 is 0 Å². The molecule has 1 aliphatic rings. The molecule has 1 aliphatic carbocycles. The average Bonchev–Trinajstić information content (AvgIpc) is 3.15. The molecule has 124 valence electrons. The molecule has 2 heterocycles. The van der Waals surface area contributed by atoms with Crippen LogP contribution < -0.4 is 4.74 Å². The number of rotatable bonds is 6. The minimum atomic E-state index is 0.0457. The van der Waals surface area contributed by atoms with E-state index in [0.717, 1.165) is 16.5 Å². The van der Waals surface area contributed by atoms with Crippen molar-refractivity contribution < 1.29 is 9.15 Å². The third kappa shape index (κ3) is 3.03. The second kappa shape index (κ2) is 6.32. The first-order valence-electron chi connectivity index (χ1n) is 7.92. The highest BCUT2D eigenvalue weighted by Crippen LogP contribution is 2.41. The van der Waals surface area contributed by atoms with Crippen LogP contribution in [0.3, 0.4) is 0 Å². The molecule has 2 aromatic heterocycles. The summed E-state index contributed by atoms with van der Waals surface area (Å²) in [6.07, 6.45) is 6.37. The summed E-state index contributed by atoms with van der Waals surface area (Å²) in [7, 11) is 1.64. The highest BCUT2D eigenvalue weighted by molar-refractivity contribution is 7.99. The van der Waals surface area contributed by atoms with E-state index in [-0.39, 0.29) is 5.25 Å². The van der Waals surface area contributed by atoms with Crippen LogP contribution in [0.2, 0.25) is 0 Å². The van der Waals surface area contributed by atoms with Gasteiger partial charge in [0.15, 0.2) is 5.16 Å². The summed E-state index contributed by atoms with van der Waals surface area (Å²) in [5, 5.41) is 9.42. The lowest BCUT2D eigenvalue weighted by Gasteiger charge is -2.08. The Morgan fingerprint density at radius 1 is 1.25 bits per heavy atom. The van der Waals surface area contributed by atoms with Gasteiger partial charge >= 0.3 is 0 Å². The van der Waals surface area contributed by atoms with E-state index in [1.807, 2.05) is 36.7 Å². The number of methoxy groups -OCH3 is 1. The Bertz CT molecular complexity index is 823. The Morgan fingerprint density at radius 3 is 2.75 bits per heavy atom. The highest BCUT2D eigenvalue weighted by atomic mass is 32.2. The molecule has 0 bridgehead atoms. The largest absolute Gasteiger partial charge is 0.497 e. The Morgan fingerprint density at radius 2 is 2.04 bits per heavy atom. The lowest BCUT2D eigenvalue weighted by atomic mass is 10.2. The van der Waals surface area contributed by atoms with Gasteiger partial charge in [0, 0.05) is 24.0 Å². The predicted molar refractivity (Wildman–Crippen MR) is 91.1 cm³/mol. The molecule has 0 spiro atoms. The van der Waals surface area contributed by atoms with Gasteiger partial charge in [-0.15, -0.1) is 10.2 Å². The first kappa shape index (κ1) is 15.3. The smallest absolute Gasteiger partial charge is 0.247 e. The fourth-order valence-corrected chi connectivity index (χ4v) is 3.44. The number of aromatic nitrogens is 4. The molecular weight excluding hydrogens is 324 g/mol. The van der Waals surface area contributed by atoms with E-state index in [9.17, 15) is 0 Å². The van der Waals surface area contributed by atoms with E-state index in [0.29, 0.717) is 17.8 Å². The summed E-state index contributed by atoms with van der Waals surface area (Å²) in [6, 6.07) is 8.19. The second-order valence-corrected chi connectivity index (χ2v) is 7.09. The van der Waals surface area contributed by atoms with E-state index in [1.165, 1.54) is 12.8 Å². The highest BCUT2D eigenvalue weighted by Gasteiger charge is 2.27. The van der Waals surface area contributed by atoms with Crippen LogP contribution in [0.1, 0.15) is 36.9 Å². The fourth-order valence-electron chi connectivity index (χ4n) is 2.48. The number of nitrogens with zero attached hydrogens (tertiary/aromatic N) is 4. The van der Waals surface area contributed by atoms with Crippen molar-refractivity contribution in [2.75, 3.05) is 7.11 Å². The van der Waals surface area contributed by atoms with Gasteiger partial charge in [0.1, 0.15) is 5.75 Å². The molecule has 4 rings (SSSR count). The van der Waals surface area contributed by atoms with Gasteiger partial charge in [-0.1, -0.05) is 11.8 Å². The minimum Gasteiger partial charge on any atom is -0.497 e. The molecule has 0 aliphatic heterocycles. The Labute approximate surface area is 144 Å². The molecule has 0 saturated heterocycles. The van der Waals surface area contributed by atoms with Crippen molar-refractivity contribution in [3.63, 3.8) is 0 Å².